The topological polar surface area (TPSA) is 120 Å². The second-order valence-corrected chi connectivity index (χ2v) is 8.07. The molecule has 0 spiro atoms. The zero-order valence-electron chi connectivity index (χ0n) is 19.4. The highest BCUT2D eigenvalue weighted by atomic mass is 16.5. The number of ether oxygens (including phenoxy) is 1. The number of fused-ring (bicyclic) bond motifs is 1. The Bertz CT molecular complexity index is 1200. The maximum Gasteiger partial charge on any atom is 0.275 e. The molecule has 10 nitrogen and oxygen atoms in total. The number of pyridine rings is 1. The summed E-state index contributed by atoms with van der Waals surface area (Å²) in [5, 5.41) is 5.99. The summed E-state index contributed by atoms with van der Waals surface area (Å²) in [4.78, 5) is 49.3. The zero-order chi connectivity index (χ0) is 24.2. The first-order valence-corrected chi connectivity index (χ1v) is 11.1. The van der Waals surface area contributed by atoms with E-state index in [0.717, 1.165) is 0 Å². The Kier molecular flexibility index (Phi) is 6.90. The molecule has 0 aliphatic carbocycles. The van der Waals surface area contributed by atoms with Gasteiger partial charge in [-0.3, -0.25) is 24.3 Å². The minimum absolute atomic E-state index is 0.0389. The number of benzene rings is 1. The van der Waals surface area contributed by atoms with Crippen LogP contribution in [0.25, 0.3) is 10.9 Å². The molecule has 1 unspecified atom stereocenters. The first-order valence-electron chi connectivity index (χ1n) is 11.1. The van der Waals surface area contributed by atoms with E-state index in [9.17, 15) is 14.4 Å². The van der Waals surface area contributed by atoms with Crippen LogP contribution in [0.15, 0.2) is 42.6 Å². The van der Waals surface area contributed by atoms with Crippen molar-refractivity contribution in [3.8, 4) is 0 Å². The normalized spacial score (nSPS) is 15.0. The highest BCUT2D eigenvalue weighted by Gasteiger charge is 2.27. The number of nitrogens with zero attached hydrogens (tertiary/aromatic N) is 3. The molecule has 0 radical (unpaired) electrons. The number of aromatic nitrogens is 2. The lowest BCUT2D eigenvalue weighted by Crippen LogP contribution is -2.50. The number of anilines is 2. The van der Waals surface area contributed by atoms with Crippen LogP contribution in [0.1, 0.15) is 27.8 Å². The molecule has 1 atom stereocenters. The summed E-state index contributed by atoms with van der Waals surface area (Å²) in [6.45, 7) is 4.55. The van der Waals surface area contributed by atoms with Crippen molar-refractivity contribution in [2.75, 3.05) is 50.6 Å². The molecule has 1 aliphatic heterocycles. The predicted octanol–water partition coefficient (Wildman–Crippen LogP) is 1.86. The van der Waals surface area contributed by atoms with Gasteiger partial charge in [0.05, 0.1) is 24.8 Å². The van der Waals surface area contributed by atoms with Gasteiger partial charge in [0.2, 0.25) is 5.91 Å². The van der Waals surface area contributed by atoms with Crippen LogP contribution in [-0.4, -0.2) is 79.0 Å². The number of carbonyl (C=O) groups is 3. The average Bonchev–Trinajstić information content (AvgIpc) is 3.24. The number of H-pyrrole nitrogens is 1. The van der Waals surface area contributed by atoms with Gasteiger partial charge in [-0.25, -0.2) is 0 Å². The SMILES string of the molecule is CNC(=O)c1c(NC(=O)c2ccccn2)[nH]c2cc(N(C)C(=O)C(C)N3CCOCC3)ccc12. The second kappa shape index (κ2) is 10.0. The number of aromatic amines is 1. The maximum atomic E-state index is 13.1. The smallest absolute Gasteiger partial charge is 0.275 e. The Morgan fingerprint density at radius 1 is 1.15 bits per heavy atom. The van der Waals surface area contributed by atoms with Gasteiger partial charge in [-0.2, -0.15) is 0 Å². The number of morpholine rings is 1. The summed E-state index contributed by atoms with van der Waals surface area (Å²) in [5.74, 6) is -0.564. The van der Waals surface area contributed by atoms with Crippen LogP contribution in [0, 0.1) is 0 Å². The number of likely N-dealkylation sites (N-methyl/N-ethyl adjacent to an activating group) is 1. The molecule has 34 heavy (non-hydrogen) atoms. The molecule has 0 saturated carbocycles. The number of amides is 3. The monoisotopic (exact) mass is 464 g/mol. The molecule has 3 N–H and O–H groups in total. The van der Waals surface area contributed by atoms with Crippen LogP contribution in [0.5, 0.6) is 0 Å². The van der Waals surface area contributed by atoms with Gasteiger partial charge in [0.25, 0.3) is 11.8 Å². The van der Waals surface area contributed by atoms with E-state index >= 15 is 0 Å². The van der Waals surface area contributed by atoms with Crippen molar-refractivity contribution < 1.29 is 19.1 Å². The zero-order valence-corrected chi connectivity index (χ0v) is 19.4. The summed E-state index contributed by atoms with van der Waals surface area (Å²) in [6.07, 6.45) is 1.52. The van der Waals surface area contributed by atoms with E-state index in [1.54, 1.807) is 48.3 Å². The molecule has 4 rings (SSSR count). The summed E-state index contributed by atoms with van der Waals surface area (Å²) in [5.41, 5.74) is 1.83. The van der Waals surface area contributed by atoms with Crippen molar-refractivity contribution in [1.82, 2.24) is 20.2 Å². The third kappa shape index (κ3) is 4.63. The fourth-order valence-electron chi connectivity index (χ4n) is 4.05. The summed E-state index contributed by atoms with van der Waals surface area (Å²) >= 11 is 0. The standard InChI is InChI=1S/C24H28N6O4/c1-15(30-10-12-34-13-11-30)24(33)29(3)16-7-8-17-19(14-16)27-21(20(17)23(32)25-2)28-22(31)18-6-4-5-9-26-18/h4-9,14-15,27H,10-13H2,1-3H3,(H,25,32)(H,28,31). The lowest BCUT2D eigenvalue weighted by molar-refractivity contribution is -0.124. The predicted molar refractivity (Wildman–Crippen MR) is 129 cm³/mol. The van der Waals surface area contributed by atoms with Crippen molar-refractivity contribution in [2.45, 2.75) is 13.0 Å². The Morgan fingerprint density at radius 3 is 2.59 bits per heavy atom. The van der Waals surface area contributed by atoms with Gasteiger partial charge in [-0.15, -0.1) is 0 Å². The third-order valence-corrected chi connectivity index (χ3v) is 6.04. The summed E-state index contributed by atoms with van der Waals surface area (Å²) < 4.78 is 5.38. The molecule has 0 bridgehead atoms. The van der Waals surface area contributed by atoms with Gasteiger partial charge < -0.3 is 25.3 Å². The molecule has 1 saturated heterocycles. The Balaban J connectivity index is 1.63. The Hall–Kier alpha value is -3.76. The van der Waals surface area contributed by atoms with Crippen LogP contribution in [0.3, 0.4) is 0 Å². The fourth-order valence-corrected chi connectivity index (χ4v) is 4.05. The van der Waals surface area contributed by atoms with Gasteiger partial charge in [0.15, 0.2) is 0 Å². The lowest BCUT2D eigenvalue weighted by atomic mass is 10.1. The van der Waals surface area contributed by atoms with Crippen LogP contribution in [-0.2, 0) is 9.53 Å². The van der Waals surface area contributed by atoms with Crippen LogP contribution in [0.4, 0.5) is 11.5 Å². The number of rotatable bonds is 6. The quantitative estimate of drug-likeness (QED) is 0.512. The van der Waals surface area contributed by atoms with Crippen LogP contribution >= 0.6 is 0 Å². The molecule has 178 valence electrons. The van der Waals surface area contributed by atoms with E-state index in [1.165, 1.54) is 13.2 Å². The highest BCUT2D eigenvalue weighted by Crippen LogP contribution is 2.30. The van der Waals surface area contributed by atoms with E-state index in [0.29, 0.717) is 48.5 Å². The van der Waals surface area contributed by atoms with Gasteiger partial charge in [-0.1, -0.05) is 6.07 Å². The molecule has 3 heterocycles. The maximum absolute atomic E-state index is 13.1. The first-order chi connectivity index (χ1) is 16.4. The molecule has 2 aromatic heterocycles. The number of hydrogen-bond acceptors (Lipinski definition) is 6. The first kappa shape index (κ1) is 23.4. The molecule has 10 heteroatoms. The van der Waals surface area contributed by atoms with Crippen molar-refractivity contribution in [3.05, 3.63) is 53.9 Å². The molecule has 1 aromatic carbocycles. The van der Waals surface area contributed by atoms with Crippen molar-refractivity contribution in [1.29, 1.82) is 0 Å². The van der Waals surface area contributed by atoms with Crippen molar-refractivity contribution in [3.63, 3.8) is 0 Å². The van der Waals surface area contributed by atoms with E-state index in [2.05, 4.69) is 25.5 Å². The number of carbonyl (C=O) groups excluding carboxylic acids is 3. The summed E-state index contributed by atoms with van der Waals surface area (Å²) in [6, 6.07) is 10.1. The molecule has 3 amide bonds. The van der Waals surface area contributed by atoms with Gasteiger partial charge in [0.1, 0.15) is 11.5 Å². The van der Waals surface area contributed by atoms with E-state index < -0.39 is 5.91 Å². The van der Waals surface area contributed by atoms with E-state index in [1.807, 2.05) is 6.92 Å². The highest BCUT2D eigenvalue weighted by molar-refractivity contribution is 6.15. The van der Waals surface area contributed by atoms with Gasteiger partial charge >= 0.3 is 0 Å². The molecular weight excluding hydrogens is 436 g/mol. The van der Waals surface area contributed by atoms with Crippen molar-refractivity contribution in [2.24, 2.45) is 0 Å². The number of nitrogens with one attached hydrogen (secondary N) is 3. The fraction of sp³-hybridized carbons (Fsp3) is 0.333. The van der Waals surface area contributed by atoms with Gasteiger partial charge in [0, 0.05) is 50.0 Å². The number of hydrogen-bond donors (Lipinski definition) is 3. The lowest BCUT2D eigenvalue weighted by Gasteiger charge is -2.33. The third-order valence-electron chi connectivity index (χ3n) is 6.04. The Labute approximate surface area is 197 Å². The van der Waals surface area contributed by atoms with E-state index in [4.69, 9.17) is 4.74 Å². The largest absolute Gasteiger partial charge is 0.379 e. The van der Waals surface area contributed by atoms with Crippen molar-refractivity contribution >= 4 is 40.1 Å². The van der Waals surface area contributed by atoms with Crippen LogP contribution in [0.2, 0.25) is 0 Å². The minimum atomic E-state index is -0.441. The molecule has 3 aromatic rings. The van der Waals surface area contributed by atoms with E-state index in [-0.39, 0.29) is 29.4 Å². The average molecular weight is 465 g/mol. The molecule has 1 fully saturated rings. The molecular formula is C24H28N6O4. The second-order valence-electron chi connectivity index (χ2n) is 8.07. The molecule has 1 aliphatic rings. The van der Waals surface area contributed by atoms with Gasteiger partial charge in [-0.05, 0) is 37.3 Å². The van der Waals surface area contributed by atoms with Crippen LogP contribution < -0.4 is 15.5 Å². The summed E-state index contributed by atoms with van der Waals surface area (Å²) in [7, 11) is 3.26. The Morgan fingerprint density at radius 2 is 1.91 bits per heavy atom. The minimum Gasteiger partial charge on any atom is -0.379 e.